The first-order valence-electron chi connectivity index (χ1n) is 13.6. The van der Waals surface area contributed by atoms with Crippen LogP contribution in [0, 0.1) is 22.7 Å². The first-order chi connectivity index (χ1) is 20.7. The van der Waals surface area contributed by atoms with Crippen molar-refractivity contribution in [3.05, 3.63) is 132 Å². The largest absolute Gasteiger partial charge is 0.456 e. The minimum absolute atomic E-state index is 0.597. The number of benzene rings is 6. The molecule has 0 amide bonds. The van der Waals surface area contributed by atoms with Crippen molar-refractivity contribution in [3.63, 3.8) is 0 Å². The Bertz CT molecular complexity index is 2450. The third kappa shape index (κ3) is 3.75. The zero-order chi connectivity index (χ0) is 28.2. The van der Waals surface area contributed by atoms with E-state index in [4.69, 9.17) is 8.83 Å². The molecule has 0 bridgehead atoms. The van der Waals surface area contributed by atoms with Crippen molar-refractivity contribution in [3.8, 4) is 45.5 Å². The Balaban J connectivity index is 1.39. The third-order valence-corrected chi connectivity index (χ3v) is 7.90. The van der Waals surface area contributed by atoms with Crippen LogP contribution in [-0.4, -0.2) is 0 Å². The minimum Gasteiger partial charge on any atom is -0.456 e. The van der Waals surface area contributed by atoms with Crippen LogP contribution in [0.15, 0.2) is 130 Å². The number of rotatable bonds is 3. The van der Waals surface area contributed by atoms with Gasteiger partial charge in [-0.05, 0) is 94.5 Å². The standard InChI is InChI=1S/C38H20N2O2/c39-21-23-5-3-6-25(15-23)27-17-28(26-12-14-36-34(20-26)31-7-1-2-10-35(31)41-36)19-29(18-27)30-8-4-9-32-33-16-24(22-40)11-13-37(33)42-38(30)32/h1-20H. The monoisotopic (exact) mass is 536 g/mol. The van der Waals surface area contributed by atoms with Crippen LogP contribution in [0.4, 0.5) is 0 Å². The lowest BCUT2D eigenvalue weighted by Crippen LogP contribution is -1.87. The molecule has 0 atom stereocenters. The highest BCUT2D eigenvalue weighted by Gasteiger charge is 2.16. The van der Waals surface area contributed by atoms with E-state index in [0.717, 1.165) is 77.3 Å². The quantitative estimate of drug-likeness (QED) is 0.225. The minimum atomic E-state index is 0.597. The molecule has 0 aliphatic heterocycles. The van der Waals surface area contributed by atoms with E-state index in [1.54, 1.807) is 6.07 Å². The summed E-state index contributed by atoms with van der Waals surface area (Å²) in [7, 11) is 0. The molecule has 0 fully saturated rings. The van der Waals surface area contributed by atoms with Crippen molar-refractivity contribution in [2.45, 2.75) is 0 Å². The third-order valence-electron chi connectivity index (χ3n) is 7.90. The molecule has 0 saturated carbocycles. The molecule has 6 aromatic carbocycles. The van der Waals surface area contributed by atoms with Crippen molar-refractivity contribution in [2.75, 3.05) is 0 Å². The molecule has 194 valence electrons. The zero-order valence-corrected chi connectivity index (χ0v) is 22.3. The summed E-state index contributed by atoms with van der Waals surface area (Å²) < 4.78 is 12.5. The van der Waals surface area contributed by atoms with Gasteiger partial charge in [0.25, 0.3) is 0 Å². The van der Waals surface area contributed by atoms with Gasteiger partial charge in [-0.3, -0.25) is 0 Å². The second kappa shape index (κ2) is 9.24. The molecule has 0 aliphatic rings. The van der Waals surface area contributed by atoms with Gasteiger partial charge in [-0.15, -0.1) is 0 Å². The van der Waals surface area contributed by atoms with Gasteiger partial charge >= 0.3 is 0 Å². The maximum absolute atomic E-state index is 9.57. The van der Waals surface area contributed by atoms with Crippen LogP contribution in [0.25, 0.3) is 77.3 Å². The maximum Gasteiger partial charge on any atom is 0.143 e. The van der Waals surface area contributed by atoms with Crippen LogP contribution < -0.4 is 0 Å². The van der Waals surface area contributed by atoms with Gasteiger partial charge in [0.2, 0.25) is 0 Å². The highest BCUT2D eigenvalue weighted by atomic mass is 16.3. The van der Waals surface area contributed by atoms with Crippen LogP contribution in [0.2, 0.25) is 0 Å². The average molecular weight is 537 g/mol. The van der Waals surface area contributed by atoms with Crippen molar-refractivity contribution < 1.29 is 8.83 Å². The van der Waals surface area contributed by atoms with E-state index in [1.165, 1.54) is 0 Å². The number of furan rings is 2. The van der Waals surface area contributed by atoms with E-state index in [9.17, 15) is 10.5 Å². The van der Waals surface area contributed by atoms with Gasteiger partial charge in [0.05, 0.1) is 23.3 Å². The van der Waals surface area contributed by atoms with Crippen molar-refractivity contribution >= 4 is 43.9 Å². The second-order valence-corrected chi connectivity index (χ2v) is 10.4. The Morgan fingerprint density at radius 3 is 1.90 bits per heavy atom. The zero-order valence-electron chi connectivity index (χ0n) is 22.3. The van der Waals surface area contributed by atoms with Gasteiger partial charge in [0.1, 0.15) is 22.3 Å². The molecule has 8 aromatic rings. The average Bonchev–Trinajstić information content (AvgIpc) is 3.62. The molecule has 4 heteroatoms. The molecule has 8 rings (SSSR count). The highest BCUT2D eigenvalue weighted by molar-refractivity contribution is 6.10. The van der Waals surface area contributed by atoms with E-state index in [1.807, 2.05) is 72.8 Å². The predicted molar refractivity (Wildman–Crippen MR) is 167 cm³/mol. The fourth-order valence-electron chi connectivity index (χ4n) is 5.89. The maximum atomic E-state index is 9.57. The Labute approximate surface area is 240 Å². The summed E-state index contributed by atoms with van der Waals surface area (Å²) in [5, 5.41) is 23.1. The number of fused-ring (bicyclic) bond motifs is 6. The van der Waals surface area contributed by atoms with Gasteiger partial charge in [0.15, 0.2) is 0 Å². The molecular weight excluding hydrogens is 516 g/mol. The number of hydrogen-bond acceptors (Lipinski definition) is 4. The Kier molecular flexibility index (Phi) is 5.22. The lowest BCUT2D eigenvalue weighted by atomic mass is 9.92. The fraction of sp³-hybridized carbons (Fsp3) is 0. The molecule has 4 nitrogen and oxygen atoms in total. The number of hydrogen-bond donors (Lipinski definition) is 0. The summed E-state index contributed by atoms with van der Waals surface area (Å²) in [4.78, 5) is 0. The molecule has 0 aliphatic carbocycles. The topological polar surface area (TPSA) is 73.9 Å². The SMILES string of the molecule is N#Cc1cccc(-c2cc(-c3ccc4oc5ccccc5c4c3)cc(-c3cccc4c3oc3ccc(C#N)cc34)c2)c1. The molecule has 42 heavy (non-hydrogen) atoms. The van der Waals surface area contributed by atoms with E-state index in [0.29, 0.717) is 11.1 Å². The predicted octanol–water partition coefficient (Wildman–Crippen LogP) is 10.2. The molecule has 0 spiro atoms. The fourth-order valence-corrected chi connectivity index (χ4v) is 5.89. The molecule has 0 radical (unpaired) electrons. The first-order valence-corrected chi connectivity index (χ1v) is 13.6. The summed E-state index contributed by atoms with van der Waals surface area (Å²) in [6, 6.07) is 44.7. The Morgan fingerprint density at radius 2 is 1.05 bits per heavy atom. The van der Waals surface area contributed by atoms with Crippen LogP contribution >= 0.6 is 0 Å². The Hall–Kier alpha value is -6.10. The summed E-state index contributed by atoms with van der Waals surface area (Å²) in [6.45, 7) is 0. The Morgan fingerprint density at radius 1 is 0.405 bits per heavy atom. The molecule has 2 heterocycles. The summed E-state index contributed by atoms with van der Waals surface area (Å²) in [5.41, 5.74) is 10.4. The summed E-state index contributed by atoms with van der Waals surface area (Å²) in [5.74, 6) is 0. The molecule has 0 N–H and O–H groups in total. The van der Waals surface area contributed by atoms with Gasteiger partial charge in [-0.25, -0.2) is 0 Å². The van der Waals surface area contributed by atoms with E-state index < -0.39 is 0 Å². The van der Waals surface area contributed by atoms with E-state index in [2.05, 4.69) is 54.6 Å². The van der Waals surface area contributed by atoms with Gasteiger partial charge in [-0.1, -0.05) is 54.6 Å². The summed E-state index contributed by atoms with van der Waals surface area (Å²) in [6.07, 6.45) is 0. The smallest absolute Gasteiger partial charge is 0.143 e. The highest BCUT2D eigenvalue weighted by Crippen LogP contribution is 2.40. The molecular formula is C38H20N2O2. The van der Waals surface area contributed by atoms with Gasteiger partial charge < -0.3 is 8.83 Å². The van der Waals surface area contributed by atoms with E-state index in [-0.39, 0.29) is 0 Å². The molecule has 2 aromatic heterocycles. The lowest BCUT2D eigenvalue weighted by Gasteiger charge is -2.12. The van der Waals surface area contributed by atoms with Crippen LogP contribution in [-0.2, 0) is 0 Å². The van der Waals surface area contributed by atoms with Crippen LogP contribution in [0.3, 0.4) is 0 Å². The number of para-hydroxylation sites is 2. The van der Waals surface area contributed by atoms with Crippen LogP contribution in [0.5, 0.6) is 0 Å². The normalized spacial score (nSPS) is 11.3. The number of nitrogens with zero attached hydrogens (tertiary/aromatic N) is 2. The second-order valence-electron chi connectivity index (χ2n) is 10.4. The first kappa shape index (κ1) is 23.8. The van der Waals surface area contributed by atoms with Crippen molar-refractivity contribution in [1.82, 2.24) is 0 Å². The lowest BCUT2D eigenvalue weighted by molar-refractivity contribution is 0.669. The molecule has 0 unspecified atom stereocenters. The van der Waals surface area contributed by atoms with Crippen LogP contribution in [0.1, 0.15) is 11.1 Å². The molecule has 0 saturated heterocycles. The van der Waals surface area contributed by atoms with Crippen molar-refractivity contribution in [1.29, 1.82) is 10.5 Å². The van der Waals surface area contributed by atoms with Gasteiger partial charge in [0, 0.05) is 27.1 Å². The van der Waals surface area contributed by atoms with Gasteiger partial charge in [-0.2, -0.15) is 10.5 Å². The van der Waals surface area contributed by atoms with E-state index >= 15 is 0 Å². The number of nitriles is 2. The van der Waals surface area contributed by atoms with Crippen molar-refractivity contribution in [2.24, 2.45) is 0 Å². The summed E-state index contributed by atoms with van der Waals surface area (Å²) >= 11 is 0.